The molecular weight excluding hydrogens is 332 g/mol. The molecule has 108 valence electrons. The fourth-order valence-corrected chi connectivity index (χ4v) is 2.82. The summed E-state index contributed by atoms with van der Waals surface area (Å²) in [6.45, 7) is 0. The molecule has 5 heteroatoms. The highest BCUT2D eigenvalue weighted by molar-refractivity contribution is 9.10. The third-order valence-corrected chi connectivity index (χ3v) is 4.23. The van der Waals surface area contributed by atoms with Crippen molar-refractivity contribution in [2.45, 2.75) is 12.1 Å². The maximum absolute atomic E-state index is 12.1. The van der Waals surface area contributed by atoms with Crippen LogP contribution in [-0.4, -0.2) is 19.1 Å². The molecule has 1 saturated heterocycles. The van der Waals surface area contributed by atoms with Gasteiger partial charge in [0.05, 0.1) is 13.2 Å². The second kappa shape index (κ2) is 5.50. The molecule has 1 fully saturated rings. The Balaban J connectivity index is 1.92. The number of hydrogen-bond donors (Lipinski definition) is 1. The minimum absolute atomic E-state index is 0.0573. The smallest absolute Gasteiger partial charge is 0.247 e. The first-order valence-corrected chi connectivity index (χ1v) is 7.39. The van der Waals surface area contributed by atoms with Crippen molar-refractivity contribution in [1.82, 2.24) is 0 Å². The number of carbonyl (C=O) groups excluding carboxylic acids is 1. The van der Waals surface area contributed by atoms with E-state index in [-0.39, 0.29) is 11.9 Å². The van der Waals surface area contributed by atoms with Crippen LogP contribution < -0.4 is 15.4 Å². The summed E-state index contributed by atoms with van der Waals surface area (Å²) in [6.07, 6.45) is 0. The lowest BCUT2D eigenvalue weighted by atomic mass is 9.88. The van der Waals surface area contributed by atoms with Gasteiger partial charge in [0.2, 0.25) is 5.91 Å². The second-order valence-corrected chi connectivity index (χ2v) is 5.84. The number of amides is 1. The second-order valence-electron chi connectivity index (χ2n) is 4.93. The lowest BCUT2D eigenvalue weighted by Crippen LogP contribution is -2.63. The van der Waals surface area contributed by atoms with Crippen molar-refractivity contribution in [1.29, 1.82) is 0 Å². The summed E-state index contributed by atoms with van der Waals surface area (Å²) in [4.78, 5) is 13.9. The van der Waals surface area contributed by atoms with Crippen molar-refractivity contribution in [2.24, 2.45) is 5.73 Å². The molecule has 2 aromatic rings. The molecule has 0 aromatic heterocycles. The number of nitrogens with zero attached hydrogens (tertiary/aromatic N) is 1. The highest BCUT2D eigenvalue weighted by Gasteiger charge is 2.46. The Hall–Kier alpha value is -1.85. The van der Waals surface area contributed by atoms with E-state index in [0.717, 1.165) is 21.5 Å². The van der Waals surface area contributed by atoms with E-state index >= 15 is 0 Å². The van der Waals surface area contributed by atoms with Crippen molar-refractivity contribution in [3.8, 4) is 5.75 Å². The molecule has 3 rings (SSSR count). The van der Waals surface area contributed by atoms with Crippen LogP contribution >= 0.6 is 15.9 Å². The Morgan fingerprint density at radius 3 is 2.29 bits per heavy atom. The number of methoxy groups -OCH3 is 1. The Morgan fingerprint density at radius 2 is 1.71 bits per heavy atom. The Kier molecular flexibility index (Phi) is 3.69. The Bertz CT molecular complexity index is 655. The van der Waals surface area contributed by atoms with Crippen molar-refractivity contribution >= 4 is 27.5 Å². The molecule has 2 atom stereocenters. The fourth-order valence-electron chi connectivity index (χ4n) is 2.56. The van der Waals surface area contributed by atoms with Gasteiger partial charge in [0.15, 0.2) is 0 Å². The number of β-lactam (4-membered cyclic amide) rings is 1. The molecule has 1 heterocycles. The van der Waals surface area contributed by atoms with Crippen LogP contribution in [0.1, 0.15) is 11.6 Å². The monoisotopic (exact) mass is 346 g/mol. The summed E-state index contributed by atoms with van der Waals surface area (Å²) in [5.74, 6) is 0.728. The van der Waals surface area contributed by atoms with E-state index in [1.807, 2.05) is 48.5 Å². The van der Waals surface area contributed by atoms with E-state index in [0.29, 0.717) is 0 Å². The number of nitrogens with two attached hydrogens (primary N) is 1. The summed E-state index contributed by atoms with van der Waals surface area (Å²) in [5, 5.41) is 0. The zero-order valence-corrected chi connectivity index (χ0v) is 13.1. The summed E-state index contributed by atoms with van der Waals surface area (Å²) in [7, 11) is 1.63. The molecule has 0 radical (unpaired) electrons. The first kappa shape index (κ1) is 14.1. The van der Waals surface area contributed by atoms with Crippen molar-refractivity contribution < 1.29 is 9.53 Å². The van der Waals surface area contributed by atoms with Gasteiger partial charge in [-0.2, -0.15) is 0 Å². The summed E-state index contributed by atoms with van der Waals surface area (Å²) < 4.78 is 6.13. The maximum Gasteiger partial charge on any atom is 0.247 e. The van der Waals surface area contributed by atoms with E-state index in [2.05, 4.69) is 15.9 Å². The quantitative estimate of drug-likeness (QED) is 0.869. The van der Waals surface area contributed by atoms with Gasteiger partial charge in [-0.3, -0.25) is 4.79 Å². The number of hydrogen-bond acceptors (Lipinski definition) is 3. The first-order valence-electron chi connectivity index (χ1n) is 6.60. The molecular formula is C16H15BrN2O2. The van der Waals surface area contributed by atoms with Crippen LogP contribution in [0.15, 0.2) is 53.0 Å². The lowest BCUT2D eigenvalue weighted by molar-refractivity contribution is -0.126. The van der Waals surface area contributed by atoms with E-state index in [1.165, 1.54) is 0 Å². The van der Waals surface area contributed by atoms with E-state index in [1.54, 1.807) is 12.0 Å². The van der Waals surface area contributed by atoms with Gasteiger partial charge in [0.1, 0.15) is 11.8 Å². The van der Waals surface area contributed by atoms with Crippen LogP contribution in [0.3, 0.4) is 0 Å². The molecule has 0 bridgehead atoms. The molecule has 21 heavy (non-hydrogen) atoms. The van der Waals surface area contributed by atoms with E-state index < -0.39 is 6.04 Å². The van der Waals surface area contributed by atoms with Crippen LogP contribution in [0.5, 0.6) is 5.75 Å². The molecule has 1 aliphatic heterocycles. The van der Waals surface area contributed by atoms with Crippen molar-refractivity contribution in [3.05, 3.63) is 58.6 Å². The zero-order valence-electron chi connectivity index (χ0n) is 11.5. The van der Waals surface area contributed by atoms with E-state index in [4.69, 9.17) is 10.5 Å². The van der Waals surface area contributed by atoms with Gasteiger partial charge in [0, 0.05) is 10.2 Å². The largest absolute Gasteiger partial charge is 0.497 e. The average molecular weight is 347 g/mol. The van der Waals surface area contributed by atoms with Crippen LogP contribution in [0.2, 0.25) is 0 Å². The van der Waals surface area contributed by atoms with Gasteiger partial charge in [-0.25, -0.2) is 0 Å². The first-order chi connectivity index (χ1) is 10.1. The number of benzene rings is 2. The summed E-state index contributed by atoms with van der Waals surface area (Å²) in [5.41, 5.74) is 7.85. The normalized spacial score (nSPS) is 21.1. The zero-order chi connectivity index (χ0) is 15.0. The summed E-state index contributed by atoms with van der Waals surface area (Å²) in [6, 6.07) is 14.7. The maximum atomic E-state index is 12.1. The Morgan fingerprint density at radius 1 is 1.10 bits per heavy atom. The predicted octanol–water partition coefficient (Wildman–Crippen LogP) is 2.87. The number of halogens is 1. The van der Waals surface area contributed by atoms with E-state index in [9.17, 15) is 4.79 Å². The van der Waals surface area contributed by atoms with Gasteiger partial charge >= 0.3 is 0 Å². The standard InChI is InChI=1S/C16H15BrN2O2/c1-21-13-8-2-10(3-9-13)15-14(18)16(20)19(15)12-6-4-11(17)5-7-12/h2-9,14-15H,18H2,1H3. The molecule has 0 saturated carbocycles. The molecule has 1 aliphatic rings. The van der Waals surface area contributed by atoms with Crippen molar-refractivity contribution in [3.63, 3.8) is 0 Å². The minimum Gasteiger partial charge on any atom is -0.497 e. The molecule has 2 aromatic carbocycles. The van der Waals surface area contributed by atoms with Gasteiger partial charge in [-0.1, -0.05) is 28.1 Å². The van der Waals surface area contributed by atoms with Crippen LogP contribution in [0.4, 0.5) is 5.69 Å². The van der Waals surface area contributed by atoms with Crippen LogP contribution in [0, 0.1) is 0 Å². The Labute approximate surface area is 131 Å². The number of rotatable bonds is 3. The van der Waals surface area contributed by atoms with Crippen LogP contribution in [0.25, 0.3) is 0 Å². The van der Waals surface area contributed by atoms with Crippen LogP contribution in [-0.2, 0) is 4.79 Å². The summed E-state index contributed by atoms with van der Waals surface area (Å²) >= 11 is 3.40. The van der Waals surface area contributed by atoms with Gasteiger partial charge in [-0.05, 0) is 42.0 Å². The molecule has 0 aliphatic carbocycles. The lowest BCUT2D eigenvalue weighted by Gasteiger charge is -2.45. The van der Waals surface area contributed by atoms with Gasteiger partial charge < -0.3 is 15.4 Å². The highest BCUT2D eigenvalue weighted by atomic mass is 79.9. The minimum atomic E-state index is -0.498. The number of ether oxygens (including phenoxy) is 1. The SMILES string of the molecule is COc1ccc(C2C(N)C(=O)N2c2ccc(Br)cc2)cc1. The predicted molar refractivity (Wildman–Crippen MR) is 85.3 cm³/mol. The topological polar surface area (TPSA) is 55.6 Å². The van der Waals surface area contributed by atoms with Gasteiger partial charge in [0.25, 0.3) is 0 Å². The van der Waals surface area contributed by atoms with Gasteiger partial charge in [-0.15, -0.1) is 0 Å². The number of carbonyl (C=O) groups is 1. The highest BCUT2D eigenvalue weighted by Crippen LogP contribution is 2.38. The third-order valence-electron chi connectivity index (χ3n) is 3.70. The fraction of sp³-hybridized carbons (Fsp3) is 0.188. The molecule has 2 unspecified atom stereocenters. The molecule has 4 nitrogen and oxygen atoms in total. The average Bonchev–Trinajstić information content (AvgIpc) is 2.53. The van der Waals surface area contributed by atoms with Crippen molar-refractivity contribution in [2.75, 3.05) is 12.0 Å². The molecule has 1 amide bonds. The molecule has 2 N–H and O–H groups in total. The number of anilines is 1. The molecule has 0 spiro atoms. The third kappa shape index (κ3) is 2.43.